The van der Waals surface area contributed by atoms with Gasteiger partial charge in [-0.05, 0) is 55.7 Å². The van der Waals surface area contributed by atoms with Crippen LogP contribution in [-0.2, 0) is 13.0 Å². The monoisotopic (exact) mass is 500 g/mol. The van der Waals surface area contributed by atoms with Crippen LogP contribution in [0.3, 0.4) is 0 Å². The van der Waals surface area contributed by atoms with E-state index in [1.807, 2.05) is 4.90 Å². The number of halogens is 1. The Morgan fingerprint density at radius 2 is 1.43 bits per heavy atom. The summed E-state index contributed by atoms with van der Waals surface area (Å²) in [5, 5.41) is 0. The first kappa shape index (κ1) is 23.7. The molecule has 0 N–H and O–H groups in total. The molecule has 0 atom stereocenters. The van der Waals surface area contributed by atoms with Crippen LogP contribution in [0.5, 0.6) is 0 Å². The highest BCUT2D eigenvalue weighted by Crippen LogP contribution is 2.32. The molecule has 1 aromatic heterocycles. The van der Waals surface area contributed by atoms with Gasteiger partial charge in [-0.1, -0.05) is 18.2 Å². The Bertz CT molecular complexity index is 1240. The average molecular weight is 501 g/mol. The predicted octanol–water partition coefficient (Wildman–Crippen LogP) is 4.13. The average Bonchev–Trinajstić information content (AvgIpc) is 2.97. The van der Waals surface area contributed by atoms with Crippen molar-refractivity contribution in [2.45, 2.75) is 32.2 Å². The molecule has 37 heavy (non-hydrogen) atoms. The van der Waals surface area contributed by atoms with Crippen molar-refractivity contribution in [3.8, 4) is 0 Å². The molecule has 3 aliphatic rings. The number of anilines is 3. The highest BCUT2D eigenvalue weighted by molar-refractivity contribution is 5.94. The Labute approximate surface area is 217 Å². The second-order valence-electron chi connectivity index (χ2n) is 10.1. The number of benzene rings is 2. The lowest BCUT2D eigenvalue weighted by molar-refractivity contribution is 0.0733. The second kappa shape index (κ2) is 10.4. The molecule has 6 rings (SSSR count). The van der Waals surface area contributed by atoms with Gasteiger partial charge in [0.1, 0.15) is 11.6 Å². The van der Waals surface area contributed by atoms with Crippen LogP contribution in [0.2, 0.25) is 0 Å². The largest absolute Gasteiger partial charge is 0.368 e. The highest BCUT2D eigenvalue weighted by Gasteiger charge is 2.30. The summed E-state index contributed by atoms with van der Waals surface area (Å²) in [4.78, 5) is 32.4. The summed E-state index contributed by atoms with van der Waals surface area (Å²) in [6.45, 7) is 6.67. The fourth-order valence-corrected chi connectivity index (χ4v) is 5.64. The number of fused-ring (bicyclic) bond motifs is 1. The maximum absolute atomic E-state index is 13.4. The maximum atomic E-state index is 13.4. The number of carbonyl (C=O) groups excluding carboxylic acids is 1. The fourth-order valence-electron chi connectivity index (χ4n) is 5.64. The topological polar surface area (TPSA) is 55.8 Å². The molecule has 3 aromatic rings. The molecule has 0 spiro atoms. The normalized spacial score (nSPS) is 18.1. The van der Waals surface area contributed by atoms with E-state index < -0.39 is 0 Å². The maximum Gasteiger partial charge on any atom is 0.254 e. The molecule has 2 fully saturated rings. The molecule has 0 aliphatic carbocycles. The fraction of sp³-hybridized carbons (Fsp3) is 0.414. The Hall–Kier alpha value is -3.68. The molecular weight excluding hydrogens is 467 g/mol. The number of para-hydroxylation sites is 1. The van der Waals surface area contributed by atoms with Crippen LogP contribution in [0.1, 0.15) is 40.9 Å². The Kier molecular flexibility index (Phi) is 6.64. The van der Waals surface area contributed by atoms with Crippen molar-refractivity contribution in [3.63, 3.8) is 0 Å². The summed E-state index contributed by atoms with van der Waals surface area (Å²) >= 11 is 0. The van der Waals surface area contributed by atoms with Crippen LogP contribution in [-0.4, -0.2) is 66.6 Å². The van der Waals surface area contributed by atoms with Crippen molar-refractivity contribution in [1.29, 1.82) is 0 Å². The number of amides is 1. The van der Waals surface area contributed by atoms with E-state index in [2.05, 4.69) is 45.0 Å². The van der Waals surface area contributed by atoms with Gasteiger partial charge in [-0.3, -0.25) is 4.79 Å². The predicted molar refractivity (Wildman–Crippen MR) is 144 cm³/mol. The lowest BCUT2D eigenvalue weighted by Gasteiger charge is -2.38. The quantitative estimate of drug-likeness (QED) is 0.537. The Morgan fingerprint density at radius 1 is 0.730 bits per heavy atom. The Morgan fingerprint density at radius 3 is 2.16 bits per heavy atom. The second-order valence-corrected chi connectivity index (χ2v) is 10.1. The third kappa shape index (κ3) is 4.97. The highest BCUT2D eigenvalue weighted by atomic mass is 19.1. The van der Waals surface area contributed by atoms with Crippen LogP contribution in [0, 0.1) is 5.82 Å². The summed E-state index contributed by atoms with van der Waals surface area (Å²) in [6.07, 6.45) is 4.25. The first-order chi connectivity index (χ1) is 18.2. The molecule has 4 heterocycles. The van der Waals surface area contributed by atoms with E-state index >= 15 is 0 Å². The molecule has 0 bridgehead atoms. The van der Waals surface area contributed by atoms with Crippen LogP contribution in [0.25, 0.3) is 0 Å². The van der Waals surface area contributed by atoms with E-state index in [4.69, 9.17) is 9.97 Å². The van der Waals surface area contributed by atoms with Gasteiger partial charge in [-0.25, -0.2) is 9.37 Å². The van der Waals surface area contributed by atoms with E-state index in [0.717, 1.165) is 75.1 Å². The first-order valence-electron chi connectivity index (χ1n) is 13.4. The smallest absolute Gasteiger partial charge is 0.254 e. The molecule has 3 aliphatic heterocycles. The number of piperidine rings is 1. The molecule has 0 radical (unpaired) electrons. The zero-order valence-corrected chi connectivity index (χ0v) is 21.2. The summed E-state index contributed by atoms with van der Waals surface area (Å²) in [5.41, 5.74) is 3.89. The van der Waals surface area contributed by atoms with E-state index in [0.29, 0.717) is 25.1 Å². The van der Waals surface area contributed by atoms with E-state index in [1.165, 1.54) is 24.2 Å². The summed E-state index contributed by atoms with van der Waals surface area (Å²) < 4.78 is 13.4. The molecule has 192 valence electrons. The Balaban J connectivity index is 1.25. The lowest BCUT2D eigenvalue weighted by atomic mass is 10.0. The number of rotatable bonds is 4. The van der Waals surface area contributed by atoms with Crippen molar-refractivity contribution >= 4 is 23.4 Å². The van der Waals surface area contributed by atoms with Gasteiger partial charge >= 0.3 is 0 Å². The van der Waals surface area contributed by atoms with Crippen molar-refractivity contribution in [1.82, 2.24) is 14.9 Å². The van der Waals surface area contributed by atoms with Crippen molar-refractivity contribution in [2.75, 3.05) is 60.5 Å². The molecule has 7 nitrogen and oxygen atoms in total. The SMILES string of the molecule is O=C(c1ccc(F)cc1)N1CCc2nc(N3CCN(c4ccccc4)CC3)nc(N3CCCCC3)c2C1. The molecule has 1 amide bonds. The molecule has 2 saturated heterocycles. The minimum atomic E-state index is -0.335. The van der Waals surface area contributed by atoms with Gasteiger partial charge in [-0.15, -0.1) is 0 Å². The number of carbonyl (C=O) groups is 1. The van der Waals surface area contributed by atoms with E-state index in [9.17, 15) is 9.18 Å². The van der Waals surface area contributed by atoms with Gasteiger partial charge in [0, 0.05) is 69.0 Å². The molecule has 8 heteroatoms. The molecule has 0 unspecified atom stereocenters. The van der Waals surface area contributed by atoms with Gasteiger partial charge in [0.15, 0.2) is 0 Å². The molecule has 0 saturated carbocycles. The van der Waals surface area contributed by atoms with Gasteiger partial charge in [0.2, 0.25) is 5.95 Å². The standard InChI is InChI=1S/C29H33FN6O/c30-23-11-9-22(10-12-23)28(37)36-16-13-26-25(21-36)27(34-14-5-2-6-15-34)32-29(31-26)35-19-17-33(18-20-35)24-7-3-1-4-8-24/h1,3-4,7-12H,2,5-6,13-21H2. The van der Waals surface area contributed by atoms with Gasteiger partial charge in [-0.2, -0.15) is 4.98 Å². The van der Waals surface area contributed by atoms with Gasteiger partial charge < -0.3 is 19.6 Å². The van der Waals surface area contributed by atoms with E-state index in [1.54, 1.807) is 12.1 Å². The molecule has 2 aromatic carbocycles. The van der Waals surface area contributed by atoms with Crippen LogP contribution >= 0.6 is 0 Å². The molecular formula is C29H33FN6O. The van der Waals surface area contributed by atoms with Crippen LogP contribution in [0.4, 0.5) is 21.8 Å². The minimum absolute atomic E-state index is 0.0728. The first-order valence-corrected chi connectivity index (χ1v) is 13.4. The number of hydrogen-bond donors (Lipinski definition) is 0. The van der Waals surface area contributed by atoms with Crippen LogP contribution < -0.4 is 14.7 Å². The lowest BCUT2D eigenvalue weighted by Crippen LogP contribution is -2.47. The summed E-state index contributed by atoms with van der Waals surface area (Å²) in [7, 11) is 0. The van der Waals surface area contributed by atoms with E-state index in [-0.39, 0.29) is 11.7 Å². The summed E-state index contributed by atoms with van der Waals surface area (Å²) in [5.74, 6) is 1.39. The van der Waals surface area contributed by atoms with Crippen LogP contribution in [0.15, 0.2) is 54.6 Å². The zero-order valence-electron chi connectivity index (χ0n) is 21.2. The van der Waals surface area contributed by atoms with Gasteiger partial charge in [0.25, 0.3) is 5.91 Å². The van der Waals surface area contributed by atoms with Crippen molar-refractivity contribution in [3.05, 3.63) is 77.2 Å². The number of hydrogen-bond acceptors (Lipinski definition) is 6. The minimum Gasteiger partial charge on any atom is -0.368 e. The number of piperazine rings is 1. The number of nitrogens with zero attached hydrogens (tertiary/aromatic N) is 6. The van der Waals surface area contributed by atoms with Crippen molar-refractivity contribution < 1.29 is 9.18 Å². The zero-order chi connectivity index (χ0) is 25.2. The third-order valence-electron chi connectivity index (χ3n) is 7.74. The number of aromatic nitrogens is 2. The van der Waals surface area contributed by atoms with Crippen molar-refractivity contribution in [2.24, 2.45) is 0 Å². The van der Waals surface area contributed by atoms with Gasteiger partial charge in [0.05, 0.1) is 12.2 Å². The third-order valence-corrected chi connectivity index (χ3v) is 7.74. The summed E-state index contributed by atoms with van der Waals surface area (Å²) in [6, 6.07) is 16.4.